The largest absolute Gasteiger partial charge is 0.398 e. The molecular formula is C14H14FN3O2. The van der Waals surface area contributed by atoms with Gasteiger partial charge in [-0.1, -0.05) is 6.07 Å². The lowest BCUT2D eigenvalue weighted by molar-refractivity contribution is -0.116. The van der Waals surface area contributed by atoms with Crippen LogP contribution in [0.3, 0.4) is 0 Å². The van der Waals surface area contributed by atoms with E-state index in [1.165, 1.54) is 35.0 Å². The smallest absolute Gasteiger partial charge is 0.251 e. The molecule has 0 radical (unpaired) electrons. The van der Waals surface area contributed by atoms with E-state index in [9.17, 15) is 14.0 Å². The summed E-state index contributed by atoms with van der Waals surface area (Å²) in [5.74, 6) is -1.02. The Labute approximate surface area is 114 Å². The number of carbonyl (C=O) groups excluding carboxylic acids is 1. The molecule has 1 amide bonds. The molecule has 6 heteroatoms. The molecule has 0 spiro atoms. The molecule has 0 saturated carbocycles. The fourth-order valence-corrected chi connectivity index (χ4v) is 1.75. The van der Waals surface area contributed by atoms with Crippen LogP contribution in [0.15, 0.2) is 41.3 Å². The molecular weight excluding hydrogens is 261 g/mol. The van der Waals surface area contributed by atoms with Gasteiger partial charge in [0.05, 0.1) is 5.69 Å². The van der Waals surface area contributed by atoms with Gasteiger partial charge in [0.2, 0.25) is 5.91 Å². The number of hydrogen-bond acceptors (Lipinski definition) is 3. The molecule has 5 nitrogen and oxygen atoms in total. The number of anilines is 2. The van der Waals surface area contributed by atoms with E-state index >= 15 is 0 Å². The van der Waals surface area contributed by atoms with Crippen LogP contribution in [0.5, 0.6) is 0 Å². The molecule has 0 aliphatic rings. The second-order valence-electron chi connectivity index (χ2n) is 4.46. The summed E-state index contributed by atoms with van der Waals surface area (Å²) in [5, 5.41) is 2.43. The Morgan fingerprint density at radius 1 is 1.35 bits per heavy atom. The number of nitrogens with two attached hydrogens (primary N) is 1. The first-order chi connectivity index (χ1) is 9.45. The Morgan fingerprint density at radius 2 is 2.10 bits per heavy atom. The highest BCUT2D eigenvalue weighted by molar-refractivity contribution is 5.90. The molecule has 0 saturated heterocycles. The van der Waals surface area contributed by atoms with Gasteiger partial charge in [-0.25, -0.2) is 4.39 Å². The van der Waals surface area contributed by atoms with Crippen molar-refractivity contribution in [3.05, 3.63) is 58.3 Å². The summed E-state index contributed by atoms with van der Waals surface area (Å²) < 4.78 is 14.7. The van der Waals surface area contributed by atoms with Crippen LogP contribution >= 0.6 is 0 Å². The van der Waals surface area contributed by atoms with Crippen molar-refractivity contribution in [2.45, 2.75) is 13.5 Å². The number of hydrogen-bond donors (Lipinski definition) is 2. The van der Waals surface area contributed by atoms with Crippen molar-refractivity contribution >= 4 is 17.3 Å². The zero-order chi connectivity index (χ0) is 14.7. The van der Waals surface area contributed by atoms with Gasteiger partial charge in [0.15, 0.2) is 0 Å². The van der Waals surface area contributed by atoms with Crippen molar-refractivity contribution in [1.29, 1.82) is 0 Å². The van der Waals surface area contributed by atoms with E-state index in [1.807, 2.05) is 0 Å². The van der Waals surface area contributed by atoms with E-state index in [-0.39, 0.29) is 17.8 Å². The van der Waals surface area contributed by atoms with Gasteiger partial charge < -0.3 is 15.6 Å². The number of aromatic nitrogens is 1. The van der Waals surface area contributed by atoms with Gasteiger partial charge in [0.25, 0.3) is 5.56 Å². The summed E-state index contributed by atoms with van der Waals surface area (Å²) in [4.78, 5) is 23.4. The maximum Gasteiger partial charge on any atom is 0.251 e. The van der Waals surface area contributed by atoms with Crippen LogP contribution in [0.2, 0.25) is 0 Å². The standard InChI is InChI=1S/C14H14FN3O2/c1-9-2-4-11(15)12(6-9)17-13(19)8-18-7-10(16)3-5-14(18)20/h2-7H,8,16H2,1H3,(H,17,19). The molecule has 0 unspecified atom stereocenters. The quantitative estimate of drug-likeness (QED) is 0.891. The SMILES string of the molecule is Cc1ccc(F)c(NC(=O)Cn2cc(N)ccc2=O)c1. The molecule has 0 fully saturated rings. The summed E-state index contributed by atoms with van der Waals surface area (Å²) in [7, 11) is 0. The highest BCUT2D eigenvalue weighted by Gasteiger charge is 2.08. The summed E-state index contributed by atoms with van der Waals surface area (Å²) in [6.07, 6.45) is 1.37. The van der Waals surface area contributed by atoms with Crippen LogP contribution in [-0.2, 0) is 11.3 Å². The third-order valence-corrected chi connectivity index (χ3v) is 2.72. The summed E-state index contributed by atoms with van der Waals surface area (Å²) >= 11 is 0. The lowest BCUT2D eigenvalue weighted by Gasteiger charge is -2.09. The minimum atomic E-state index is -0.524. The number of halogens is 1. The lowest BCUT2D eigenvalue weighted by Crippen LogP contribution is -2.27. The third-order valence-electron chi connectivity index (χ3n) is 2.72. The molecule has 1 aromatic heterocycles. The molecule has 1 aromatic carbocycles. The molecule has 3 N–H and O–H groups in total. The van der Waals surface area contributed by atoms with E-state index < -0.39 is 11.7 Å². The molecule has 20 heavy (non-hydrogen) atoms. The van der Waals surface area contributed by atoms with Crippen LogP contribution in [0.1, 0.15) is 5.56 Å². The van der Waals surface area contributed by atoms with E-state index in [2.05, 4.69) is 5.32 Å². The number of rotatable bonds is 3. The predicted molar refractivity (Wildman–Crippen MR) is 74.9 cm³/mol. The number of nitrogens with zero attached hydrogens (tertiary/aromatic N) is 1. The maximum absolute atomic E-state index is 13.5. The zero-order valence-electron chi connectivity index (χ0n) is 10.9. The van der Waals surface area contributed by atoms with Gasteiger partial charge >= 0.3 is 0 Å². The van der Waals surface area contributed by atoms with Crippen LogP contribution in [0.4, 0.5) is 15.8 Å². The minimum Gasteiger partial charge on any atom is -0.398 e. The summed E-state index contributed by atoms with van der Waals surface area (Å²) in [5.41, 5.74) is 6.49. The number of carbonyl (C=O) groups is 1. The molecule has 2 rings (SSSR count). The van der Waals surface area contributed by atoms with Crippen LogP contribution in [0, 0.1) is 12.7 Å². The van der Waals surface area contributed by atoms with Gasteiger partial charge in [-0.3, -0.25) is 9.59 Å². The normalized spacial score (nSPS) is 10.3. The van der Waals surface area contributed by atoms with Crippen LogP contribution in [0.25, 0.3) is 0 Å². The van der Waals surface area contributed by atoms with Crippen molar-refractivity contribution in [2.75, 3.05) is 11.1 Å². The number of aryl methyl sites for hydroxylation is 1. The number of amides is 1. The zero-order valence-corrected chi connectivity index (χ0v) is 10.9. The van der Waals surface area contributed by atoms with E-state index in [1.54, 1.807) is 13.0 Å². The highest BCUT2D eigenvalue weighted by atomic mass is 19.1. The molecule has 0 bridgehead atoms. The molecule has 104 valence electrons. The van der Waals surface area contributed by atoms with Gasteiger partial charge in [-0.2, -0.15) is 0 Å². The van der Waals surface area contributed by atoms with Gasteiger partial charge in [0.1, 0.15) is 12.4 Å². The van der Waals surface area contributed by atoms with Gasteiger partial charge in [-0.05, 0) is 30.7 Å². The van der Waals surface area contributed by atoms with Crippen molar-refractivity contribution in [3.8, 4) is 0 Å². The van der Waals surface area contributed by atoms with Crippen LogP contribution in [-0.4, -0.2) is 10.5 Å². The van der Waals surface area contributed by atoms with Crippen molar-refractivity contribution in [2.24, 2.45) is 0 Å². The average Bonchev–Trinajstić information content (AvgIpc) is 2.38. The minimum absolute atomic E-state index is 0.0898. The summed E-state index contributed by atoms with van der Waals surface area (Å²) in [6, 6.07) is 7.13. The first kappa shape index (κ1) is 13.8. The molecule has 2 aromatic rings. The third kappa shape index (κ3) is 3.23. The predicted octanol–water partition coefficient (Wildman–Crippen LogP) is 1.52. The van der Waals surface area contributed by atoms with Crippen molar-refractivity contribution in [1.82, 2.24) is 4.57 Å². The summed E-state index contributed by atoms with van der Waals surface area (Å²) in [6.45, 7) is 1.56. The van der Waals surface area contributed by atoms with Gasteiger partial charge in [-0.15, -0.1) is 0 Å². The van der Waals surface area contributed by atoms with E-state index in [0.29, 0.717) is 5.69 Å². The molecule has 0 aliphatic heterocycles. The Balaban J connectivity index is 2.15. The number of pyridine rings is 1. The Bertz CT molecular complexity index is 710. The number of benzene rings is 1. The molecule has 0 aliphatic carbocycles. The van der Waals surface area contributed by atoms with E-state index in [0.717, 1.165) is 5.56 Å². The van der Waals surface area contributed by atoms with Crippen molar-refractivity contribution in [3.63, 3.8) is 0 Å². The second kappa shape index (κ2) is 5.56. The van der Waals surface area contributed by atoms with Crippen molar-refractivity contribution < 1.29 is 9.18 Å². The van der Waals surface area contributed by atoms with E-state index in [4.69, 9.17) is 5.73 Å². The molecule has 1 heterocycles. The van der Waals surface area contributed by atoms with Gasteiger partial charge in [0, 0.05) is 18.0 Å². The lowest BCUT2D eigenvalue weighted by atomic mass is 10.2. The topological polar surface area (TPSA) is 77.1 Å². The average molecular weight is 275 g/mol. The first-order valence-electron chi connectivity index (χ1n) is 5.97. The second-order valence-corrected chi connectivity index (χ2v) is 4.46. The monoisotopic (exact) mass is 275 g/mol. The maximum atomic E-state index is 13.5. The Kier molecular flexibility index (Phi) is 3.84. The Hall–Kier alpha value is -2.63. The Morgan fingerprint density at radius 3 is 2.85 bits per heavy atom. The highest BCUT2D eigenvalue weighted by Crippen LogP contribution is 2.15. The number of nitrogens with one attached hydrogen (secondary N) is 1. The molecule has 0 atom stereocenters. The fourth-order valence-electron chi connectivity index (χ4n) is 1.75. The van der Waals surface area contributed by atoms with Crippen LogP contribution < -0.4 is 16.6 Å². The number of nitrogen functional groups attached to an aromatic ring is 1. The fraction of sp³-hybridized carbons (Fsp3) is 0.143. The first-order valence-corrected chi connectivity index (χ1v) is 5.97.